The van der Waals surface area contributed by atoms with E-state index in [0.29, 0.717) is 8.58 Å². The van der Waals surface area contributed by atoms with Gasteiger partial charge in [-0.1, -0.05) is 27.7 Å². The highest BCUT2D eigenvalue weighted by Crippen LogP contribution is 2.46. The fourth-order valence-corrected chi connectivity index (χ4v) is 4.17. The van der Waals surface area contributed by atoms with Gasteiger partial charge in [0.15, 0.2) is 0 Å². The summed E-state index contributed by atoms with van der Waals surface area (Å²) in [4.78, 5) is 12.8. The van der Waals surface area contributed by atoms with Crippen molar-refractivity contribution < 1.29 is 28.5 Å². The third kappa shape index (κ3) is 4.54. The maximum Gasteiger partial charge on any atom is 0.316 e. The van der Waals surface area contributed by atoms with E-state index in [-0.39, 0.29) is 24.6 Å². The first-order valence-electron chi connectivity index (χ1n) is 8.73. The van der Waals surface area contributed by atoms with E-state index >= 15 is 0 Å². The molecule has 1 aliphatic rings. The summed E-state index contributed by atoms with van der Waals surface area (Å²) >= 11 is 0. The molecule has 0 radical (unpaired) electrons. The van der Waals surface area contributed by atoms with E-state index in [0.717, 1.165) is 6.16 Å². The Morgan fingerprint density at radius 2 is 1.72 bits per heavy atom. The third-order valence-electron chi connectivity index (χ3n) is 5.38. The van der Waals surface area contributed by atoms with Gasteiger partial charge in [-0.2, -0.15) is 0 Å². The van der Waals surface area contributed by atoms with Gasteiger partial charge in [0.2, 0.25) is 11.6 Å². The lowest BCUT2D eigenvalue weighted by molar-refractivity contribution is -0.432. The lowest BCUT2D eigenvalue weighted by Crippen LogP contribution is -2.63. The highest BCUT2D eigenvalue weighted by atomic mass is 31.1. The molecule has 6 nitrogen and oxygen atoms in total. The summed E-state index contributed by atoms with van der Waals surface area (Å²) < 4.78 is 28.3. The Kier molecular flexibility index (Phi) is 7.45. The summed E-state index contributed by atoms with van der Waals surface area (Å²) in [6.45, 7) is 14.2. The van der Waals surface area contributed by atoms with Crippen molar-refractivity contribution in [2.45, 2.75) is 71.3 Å². The zero-order valence-electron chi connectivity index (χ0n) is 17.1. The van der Waals surface area contributed by atoms with Gasteiger partial charge in [-0.25, -0.2) is 0 Å². The summed E-state index contributed by atoms with van der Waals surface area (Å²) in [6.07, 6.45) is 0.533. The molecular weight excluding hydrogens is 343 g/mol. The molecule has 0 amide bonds. The van der Waals surface area contributed by atoms with Crippen LogP contribution in [0.3, 0.4) is 0 Å². The van der Waals surface area contributed by atoms with Gasteiger partial charge in [0.1, 0.15) is 12.7 Å². The third-order valence-corrected chi connectivity index (χ3v) is 7.39. The first-order valence-corrected chi connectivity index (χ1v) is 9.94. The summed E-state index contributed by atoms with van der Waals surface area (Å²) in [6, 6.07) is 0. The molecule has 5 unspecified atom stereocenters. The van der Waals surface area contributed by atoms with Crippen LogP contribution in [0.1, 0.15) is 48.5 Å². The van der Waals surface area contributed by atoms with Crippen molar-refractivity contribution in [3.63, 3.8) is 0 Å². The number of hydrogen-bond acceptors (Lipinski definition) is 6. The summed E-state index contributed by atoms with van der Waals surface area (Å²) in [7, 11) is 3.58. The number of methoxy groups -OCH3 is 2. The Hall–Kier alpha value is -0.260. The van der Waals surface area contributed by atoms with Crippen LogP contribution in [0.25, 0.3) is 0 Å². The predicted octanol–water partition coefficient (Wildman–Crippen LogP) is 3.17. The van der Waals surface area contributed by atoms with Crippen LogP contribution in [0.4, 0.5) is 0 Å². The Morgan fingerprint density at radius 1 is 1.16 bits per heavy atom. The molecule has 0 saturated carbocycles. The van der Waals surface area contributed by atoms with E-state index in [1.165, 1.54) is 7.11 Å². The van der Waals surface area contributed by atoms with E-state index in [9.17, 15) is 4.79 Å². The molecule has 1 rings (SSSR count). The lowest BCUT2D eigenvalue weighted by atomic mass is 9.81. The average molecular weight is 378 g/mol. The van der Waals surface area contributed by atoms with Crippen molar-refractivity contribution in [3.05, 3.63) is 0 Å². The van der Waals surface area contributed by atoms with Gasteiger partial charge < -0.3 is 23.7 Å². The SMILES string of the molecule is CCPC(C)(C(=O)OCC1COC(C)(OC)C(C)(OC)O1)C(C)(C)C. The maximum atomic E-state index is 12.8. The van der Waals surface area contributed by atoms with E-state index in [1.54, 1.807) is 21.0 Å². The number of esters is 1. The Balaban J connectivity index is 2.77. The molecule has 1 aliphatic heterocycles. The minimum absolute atomic E-state index is 0.122. The Bertz CT molecular complexity index is 465. The van der Waals surface area contributed by atoms with E-state index in [1.807, 2.05) is 6.92 Å². The zero-order chi connectivity index (χ0) is 19.5. The van der Waals surface area contributed by atoms with Crippen molar-refractivity contribution in [2.75, 3.05) is 33.6 Å². The largest absolute Gasteiger partial charge is 0.462 e. The van der Waals surface area contributed by atoms with Gasteiger partial charge in [-0.3, -0.25) is 4.79 Å². The van der Waals surface area contributed by atoms with Gasteiger partial charge in [-0.15, -0.1) is 8.58 Å². The van der Waals surface area contributed by atoms with E-state index in [4.69, 9.17) is 23.7 Å². The summed E-state index contributed by atoms with van der Waals surface area (Å²) in [5.41, 5.74) is -0.182. The number of rotatable bonds is 7. The molecule has 0 N–H and O–H groups in total. The molecule has 0 bridgehead atoms. The zero-order valence-corrected chi connectivity index (χ0v) is 18.1. The van der Waals surface area contributed by atoms with Crippen molar-refractivity contribution in [2.24, 2.45) is 5.41 Å². The van der Waals surface area contributed by atoms with Crippen LogP contribution in [0, 0.1) is 5.41 Å². The fraction of sp³-hybridized carbons (Fsp3) is 0.944. The standard InChI is InChI=1S/C18H35O6P/c1-10-25-16(5,15(2,3)4)14(19)22-11-13-12-23-17(6,20-8)18(7,21-9)24-13/h13,25H,10-12H2,1-9H3. The molecule has 1 fully saturated rings. The van der Waals surface area contributed by atoms with Crippen LogP contribution in [-0.4, -0.2) is 62.4 Å². The molecule has 25 heavy (non-hydrogen) atoms. The fourth-order valence-electron chi connectivity index (χ4n) is 2.71. The Labute approximate surface area is 154 Å². The van der Waals surface area contributed by atoms with Crippen LogP contribution in [0.2, 0.25) is 0 Å². The van der Waals surface area contributed by atoms with Gasteiger partial charge in [-0.05, 0) is 32.3 Å². The molecule has 0 spiro atoms. The quantitative estimate of drug-likeness (QED) is 0.501. The second-order valence-electron chi connectivity index (χ2n) is 7.85. The predicted molar refractivity (Wildman–Crippen MR) is 99.3 cm³/mol. The normalized spacial score (nSPS) is 33.4. The highest BCUT2D eigenvalue weighted by Gasteiger charge is 2.54. The first kappa shape index (κ1) is 22.8. The summed E-state index contributed by atoms with van der Waals surface area (Å²) in [5, 5.41) is -0.525. The molecule has 5 atom stereocenters. The second-order valence-corrected chi connectivity index (χ2v) is 9.91. The smallest absolute Gasteiger partial charge is 0.316 e. The molecule has 0 aromatic rings. The van der Waals surface area contributed by atoms with E-state index < -0.39 is 22.8 Å². The maximum absolute atomic E-state index is 12.8. The molecule has 7 heteroatoms. The number of carbonyl (C=O) groups is 1. The Morgan fingerprint density at radius 3 is 2.16 bits per heavy atom. The van der Waals surface area contributed by atoms with Crippen LogP contribution < -0.4 is 0 Å². The highest BCUT2D eigenvalue weighted by molar-refractivity contribution is 7.41. The minimum Gasteiger partial charge on any atom is -0.462 e. The van der Waals surface area contributed by atoms with Crippen molar-refractivity contribution in [1.82, 2.24) is 0 Å². The molecule has 148 valence electrons. The minimum atomic E-state index is -1.09. The van der Waals surface area contributed by atoms with Gasteiger partial charge in [0.05, 0.1) is 11.8 Å². The molecule has 1 heterocycles. The average Bonchev–Trinajstić information content (AvgIpc) is 2.54. The van der Waals surface area contributed by atoms with E-state index in [2.05, 4.69) is 27.7 Å². The van der Waals surface area contributed by atoms with Crippen LogP contribution in [-0.2, 0) is 28.5 Å². The molecule has 0 aliphatic carbocycles. The molecule has 0 aromatic carbocycles. The monoisotopic (exact) mass is 378 g/mol. The number of ether oxygens (including phenoxy) is 5. The van der Waals surface area contributed by atoms with Gasteiger partial charge >= 0.3 is 5.97 Å². The topological polar surface area (TPSA) is 63.2 Å². The van der Waals surface area contributed by atoms with Crippen LogP contribution in [0.5, 0.6) is 0 Å². The molecular formula is C18H35O6P. The van der Waals surface area contributed by atoms with Gasteiger partial charge in [0.25, 0.3) is 0 Å². The first-order chi connectivity index (χ1) is 11.4. The van der Waals surface area contributed by atoms with Crippen LogP contribution >= 0.6 is 8.58 Å². The lowest BCUT2D eigenvalue weighted by Gasteiger charge is -2.48. The molecule has 1 saturated heterocycles. The molecule has 0 aromatic heterocycles. The second kappa shape index (κ2) is 8.18. The van der Waals surface area contributed by atoms with Gasteiger partial charge in [0, 0.05) is 14.2 Å². The van der Waals surface area contributed by atoms with Crippen molar-refractivity contribution >= 4 is 14.6 Å². The van der Waals surface area contributed by atoms with Crippen molar-refractivity contribution in [3.8, 4) is 0 Å². The number of carbonyl (C=O) groups excluding carboxylic acids is 1. The summed E-state index contributed by atoms with van der Waals surface area (Å²) in [5.74, 6) is -2.30. The van der Waals surface area contributed by atoms with Crippen molar-refractivity contribution in [1.29, 1.82) is 0 Å². The van der Waals surface area contributed by atoms with Crippen LogP contribution in [0.15, 0.2) is 0 Å². The number of hydrogen-bond donors (Lipinski definition) is 0.